The second-order valence-corrected chi connectivity index (χ2v) is 3.95. The summed E-state index contributed by atoms with van der Waals surface area (Å²) in [4.78, 5) is 0. The standard InChI is InChI=1S/C12H12F3N3O/c1-18-7-9(6-16)11(17-18)8-2-4-10(5-3-8)19-12(13,14)15/h2-5,7H,6,16H2,1H3. The first-order valence-electron chi connectivity index (χ1n) is 5.48. The fraction of sp³-hybridized carbons (Fsp3) is 0.250. The van der Waals surface area contributed by atoms with Gasteiger partial charge < -0.3 is 10.5 Å². The highest BCUT2D eigenvalue weighted by molar-refractivity contribution is 5.63. The van der Waals surface area contributed by atoms with Gasteiger partial charge in [0.2, 0.25) is 0 Å². The molecule has 19 heavy (non-hydrogen) atoms. The Morgan fingerprint density at radius 2 is 1.89 bits per heavy atom. The molecule has 0 atom stereocenters. The lowest BCUT2D eigenvalue weighted by atomic mass is 10.1. The van der Waals surface area contributed by atoms with Gasteiger partial charge in [0, 0.05) is 30.9 Å². The summed E-state index contributed by atoms with van der Waals surface area (Å²) in [7, 11) is 1.75. The Morgan fingerprint density at radius 1 is 1.26 bits per heavy atom. The van der Waals surface area contributed by atoms with Gasteiger partial charge in [0.25, 0.3) is 0 Å². The van der Waals surface area contributed by atoms with Crippen LogP contribution in [-0.4, -0.2) is 16.1 Å². The molecule has 0 aliphatic carbocycles. The number of rotatable bonds is 3. The molecule has 4 nitrogen and oxygen atoms in total. The van der Waals surface area contributed by atoms with Crippen molar-refractivity contribution in [2.24, 2.45) is 12.8 Å². The van der Waals surface area contributed by atoms with Gasteiger partial charge in [-0.25, -0.2) is 0 Å². The monoisotopic (exact) mass is 271 g/mol. The van der Waals surface area contributed by atoms with Crippen molar-refractivity contribution in [3.05, 3.63) is 36.0 Å². The van der Waals surface area contributed by atoms with E-state index >= 15 is 0 Å². The zero-order chi connectivity index (χ0) is 14.0. The molecule has 102 valence electrons. The molecular weight excluding hydrogens is 259 g/mol. The number of aryl methyl sites for hydroxylation is 1. The van der Waals surface area contributed by atoms with Crippen LogP contribution in [-0.2, 0) is 13.6 Å². The largest absolute Gasteiger partial charge is 0.573 e. The second kappa shape index (κ2) is 4.93. The normalized spacial score (nSPS) is 11.6. The van der Waals surface area contributed by atoms with E-state index < -0.39 is 6.36 Å². The maximum absolute atomic E-state index is 12.0. The minimum absolute atomic E-state index is 0.263. The number of aromatic nitrogens is 2. The predicted octanol–water partition coefficient (Wildman–Crippen LogP) is 2.44. The molecule has 0 spiro atoms. The van der Waals surface area contributed by atoms with Crippen LogP contribution in [0.15, 0.2) is 30.5 Å². The summed E-state index contributed by atoms with van der Waals surface area (Å²) in [6.45, 7) is 0.309. The average Bonchev–Trinajstić information content (AvgIpc) is 2.69. The third-order valence-corrected chi connectivity index (χ3v) is 2.49. The van der Waals surface area contributed by atoms with Gasteiger partial charge >= 0.3 is 6.36 Å². The Morgan fingerprint density at radius 3 is 2.42 bits per heavy atom. The molecular formula is C12H12F3N3O. The average molecular weight is 271 g/mol. The Kier molecular flexibility index (Phi) is 3.48. The summed E-state index contributed by atoms with van der Waals surface area (Å²) < 4.78 is 41.5. The van der Waals surface area contributed by atoms with E-state index in [2.05, 4.69) is 9.84 Å². The van der Waals surface area contributed by atoms with Crippen molar-refractivity contribution >= 4 is 0 Å². The van der Waals surface area contributed by atoms with E-state index in [4.69, 9.17) is 5.73 Å². The molecule has 0 bridgehead atoms. The first-order chi connectivity index (χ1) is 8.89. The van der Waals surface area contributed by atoms with Crippen molar-refractivity contribution < 1.29 is 17.9 Å². The number of hydrogen-bond donors (Lipinski definition) is 1. The highest BCUT2D eigenvalue weighted by Gasteiger charge is 2.31. The second-order valence-electron chi connectivity index (χ2n) is 3.95. The summed E-state index contributed by atoms with van der Waals surface area (Å²) in [5.74, 6) is -0.263. The zero-order valence-corrected chi connectivity index (χ0v) is 10.1. The lowest BCUT2D eigenvalue weighted by Gasteiger charge is -2.09. The van der Waals surface area contributed by atoms with E-state index in [1.165, 1.54) is 24.3 Å². The highest BCUT2D eigenvalue weighted by atomic mass is 19.4. The van der Waals surface area contributed by atoms with E-state index in [1.54, 1.807) is 17.9 Å². The maximum Gasteiger partial charge on any atom is 0.573 e. The first-order valence-corrected chi connectivity index (χ1v) is 5.48. The maximum atomic E-state index is 12.0. The van der Waals surface area contributed by atoms with Crippen molar-refractivity contribution in [1.29, 1.82) is 0 Å². The number of ether oxygens (including phenoxy) is 1. The zero-order valence-electron chi connectivity index (χ0n) is 10.1. The summed E-state index contributed by atoms with van der Waals surface area (Å²) in [6, 6.07) is 5.53. The van der Waals surface area contributed by atoms with Gasteiger partial charge in [-0.1, -0.05) is 0 Å². The number of hydrogen-bond acceptors (Lipinski definition) is 3. The Labute approximate surface area is 107 Å². The van der Waals surface area contributed by atoms with Crippen LogP contribution in [0.25, 0.3) is 11.3 Å². The van der Waals surface area contributed by atoms with Gasteiger partial charge in [0.15, 0.2) is 0 Å². The smallest absolute Gasteiger partial charge is 0.406 e. The van der Waals surface area contributed by atoms with E-state index in [-0.39, 0.29) is 5.75 Å². The topological polar surface area (TPSA) is 53.1 Å². The van der Waals surface area contributed by atoms with Gasteiger partial charge in [-0.15, -0.1) is 13.2 Å². The molecule has 0 unspecified atom stereocenters. The molecule has 1 heterocycles. The Balaban J connectivity index is 2.27. The molecule has 2 aromatic rings. The third-order valence-electron chi connectivity index (χ3n) is 2.49. The van der Waals surface area contributed by atoms with E-state index in [1.807, 2.05) is 0 Å². The summed E-state index contributed by atoms with van der Waals surface area (Å²) >= 11 is 0. The van der Waals surface area contributed by atoms with Gasteiger partial charge in [-0.3, -0.25) is 4.68 Å². The van der Waals surface area contributed by atoms with E-state index in [9.17, 15) is 13.2 Å². The van der Waals surface area contributed by atoms with Crippen LogP contribution in [0.5, 0.6) is 5.75 Å². The molecule has 7 heteroatoms. The minimum atomic E-state index is -4.69. The molecule has 0 saturated heterocycles. The number of alkyl halides is 3. The SMILES string of the molecule is Cn1cc(CN)c(-c2ccc(OC(F)(F)F)cc2)n1. The Bertz CT molecular complexity index is 561. The van der Waals surface area contributed by atoms with Crippen LogP contribution >= 0.6 is 0 Å². The molecule has 0 radical (unpaired) electrons. The third kappa shape index (κ3) is 3.25. The highest BCUT2D eigenvalue weighted by Crippen LogP contribution is 2.27. The van der Waals surface area contributed by atoms with Crippen LogP contribution in [0.3, 0.4) is 0 Å². The molecule has 0 amide bonds. The molecule has 2 rings (SSSR count). The number of nitrogens with zero attached hydrogens (tertiary/aromatic N) is 2. The van der Waals surface area contributed by atoms with Gasteiger partial charge in [0.05, 0.1) is 5.69 Å². The molecule has 0 saturated carbocycles. The lowest BCUT2D eigenvalue weighted by Crippen LogP contribution is -2.16. The van der Waals surface area contributed by atoms with Crippen LogP contribution < -0.4 is 10.5 Å². The summed E-state index contributed by atoms with van der Waals surface area (Å²) in [5, 5.41) is 4.23. The lowest BCUT2D eigenvalue weighted by molar-refractivity contribution is -0.274. The molecule has 2 N–H and O–H groups in total. The number of benzene rings is 1. The number of nitrogens with two attached hydrogens (primary N) is 1. The van der Waals surface area contributed by atoms with Crippen LogP contribution in [0.2, 0.25) is 0 Å². The number of halogens is 3. The van der Waals surface area contributed by atoms with Crippen molar-refractivity contribution in [2.75, 3.05) is 0 Å². The molecule has 0 aliphatic rings. The van der Waals surface area contributed by atoms with Gasteiger partial charge in [0.1, 0.15) is 5.75 Å². The van der Waals surface area contributed by atoms with Crippen molar-refractivity contribution in [3.8, 4) is 17.0 Å². The fourth-order valence-corrected chi connectivity index (χ4v) is 1.74. The van der Waals surface area contributed by atoms with Crippen molar-refractivity contribution in [1.82, 2.24) is 9.78 Å². The van der Waals surface area contributed by atoms with Crippen LogP contribution in [0.1, 0.15) is 5.56 Å². The van der Waals surface area contributed by atoms with E-state index in [0.29, 0.717) is 17.8 Å². The minimum Gasteiger partial charge on any atom is -0.406 e. The molecule has 1 aromatic heterocycles. The van der Waals surface area contributed by atoms with Crippen molar-refractivity contribution in [2.45, 2.75) is 12.9 Å². The van der Waals surface area contributed by atoms with Crippen molar-refractivity contribution in [3.63, 3.8) is 0 Å². The first kappa shape index (κ1) is 13.4. The quantitative estimate of drug-likeness (QED) is 0.932. The van der Waals surface area contributed by atoms with Gasteiger partial charge in [-0.2, -0.15) is 5.10 Å². The fourth-order valence-electron chi connectivity index (χ4n) is 1.74. The summed E-state index contributed by atoms with van der Waals surface area (Å²) in [5.41, 5.74) is 7.76. The molecule has 0 fully saturated rings. The Hall–Kier alpha value is -2.02. The van der Waals surface area contributed by atoms with Crippen LogP contribution in [0, 0.1) is 0 Å². The van der Waals surface area contributed by atoms with E-state index in [0.717, 1.165) is 5.56 Å². The predicted molar refractivity (Wildman–Crippen MR) is 63.2 cm³/mol. The van der Waals surface area contributed by atoms with Gasteiger partial charge in [-0.05, 0) is 24.3 Å². The summed E-state index contributed by atoms with van der Waals surface area (Å²) in [6.07, 6.45) is -2.91. The molecule has 1 aromatic carbocycles. The molecule has 0 aliphatic heterocycles. The van der Waals surface area contributed by atoms with Crippen LogP contribution in [0.4, 0.5) is 13.2 Å².